The van der Waals surface area contributed by atoms with Gasteiger partial charge in [-0.25, -0.2) is 9.18 Å². The molecule has 0 saturated carbocycles. The standard InChI is InChI=1S/C24H30FN3O3/c1-2-28(16-21-17-30-22-5-3-4-6-23(22)31-21)24(29)26-20-11-13-27(14-12-20)15-18-7-9-19(25)10-8-18/h3-10,20-21H,2,11-17H2,1H3,(H,26,29). The number of rotatable bonds is 6. The van der Waals surface area contributed by atoms with Crippen LogP contribution in [0.4, 0.5) is 9.18 Å². The largest absolute Gasteiger partial charge is 0.486 e. The molecule has 0 aromatic heterocycles. The Bertz CT molecular complexity index is 869. The number of nitrogens with zero attached hydrogens (tertiary/aromatic N) is 2. The highest BCUT2D eigenvalue weighted by atomic mass is 19.1. The zero-order valence-electron chi connectivity index (χ0n) is 17.9. The SMILES string of the molecule is CCN(CC1COc2ccccc2O1)C(=O)NC1CCN(Cc2ccc(F)cc2)CC1. The van der Waals surface area contributed by atoms with Crippen molar-refractivity contribution in [2.45, 2.75) is 38.5 Å². The highest BCUT2D eigenvalue weighted by Crippen LogP contribution is 2.31. The summed E-state index contributed by atoms with van der Waals surface area (Å²) in [6, 6.07) is 14.4. The van der Waals surface area contributed by atoms with E-state index < -0.39 is 0 Å². The molecule has 0 spiro atoms. The van der Waals surface area contributed by atoms with Gasteiger partial charge in [0, 0.05) is 32.2 Å². The maximum atomic E-state index is 13.1. The van der Waals surface area contributed by atoms with E-state index in [1.807, 2.05) is 43.3 Å². The minimum atomic E-state index is -0.208. The summed E-state index contributed by atoms with van der Waals surface area (Å²) in [5, 5.41) is 3.18. The quantitative estimate of drug-likeness (QED) is 0.765. The number of para-hydroxylation sites is 2. The summed E-state index contributed by atoms with van der Waals surface area (Å²) in [7, 11) is 0. The van der Waals surface area contributed by atoms with Gasteiger partial charge in [-0.15, -0.1) is 0 Å². The average molecular weight is 428 g/mol. The molecule has 2 aliphatic heterocycles. The third-order valence-electron chi connectivity index (χ3n) is 5.90. The molecule has 0 radical (unpaired) electrons. The average Bonchev–Trinajstić information content (AvgIpc) is 2.80. The number of likely N-dealkylation sites (tertiary alicyclic amines) is 1. The molecule has 1 saturated heterocycles. The van der Waals surface area contributed by atoms with Crippen molar-refractivity contribution in [2.75, 3.05) is 32.8 Å². The molecule has 2 amide bonds. The Balaban J connectivity index is 1.22. The molecule has 7 heteroatoms. The molecule has 1 fully saturated rings. The number of halogens is 1. The van der Waals surface area contributed by atoms with Crippen LogP contribution in [-0.2, 0) is 6.54 Å². The Labute approximate surface area is 182 Å². The van der Waals surface area contributed by atoms with E-state index in [0.717, 1.165) is 49.5 Å². The van der Waals surface area contributed by atoms with Gasteiger partial charge in [0.05, 0.1) is 6.54 Å². The Morgan fingerprint density at radius 3 is 2.55 bits per heavy atom. The van der Waals surface area contributed by atoms with Crippen molar-refractivity contribution in [1.82, 2.24) is 15.1 Å². The molecule has 166 valence electrons. The lowest BCUT2D eigenvalue weighted by Gasteiger charge is -2.35. The summed E-state index contributed by atoms with van der Waals surface area (Å²) in [6.45, 7) is 6.13. The minimum Gasteiger partial charge on any atom is -0.486 e. The van der Waals surface area contributed by atoms with Crippen molar-refractivity contribution < 1.29 is 18.7 Å². The third-order valence-corrected chi connectivity index (χ3v) is 5.90. The summed E-state index contributed by atoms with van der Waals surface area (Å²) < 4.78 is 24.8. The number of amides is 2. The minimum absolute atomic E-state index is 0.0538. The highest BCUT2D eigenvalue weighted by Gasteiger charge is 2.27. The first-order valence-corrected chi connectivity index (χ1v) is 11.0. The van der Waals surface area contributed by atoms with Gasteiger partial charge >= 0.3 is 6.03 Å². The number of carbonyl (C=O) groups excluding carboxylic acids is 1. The molecule has 1 unspecified atom stereocenters. The normalized spacial score (nSPS) is 19.1. The molecule has 2 aliphatic rings. The number of nitrogens with one attached hydrogen (secondary N) is 1. The molecule has 31 heavy (non-hydrogen) atoms. The lowest BCUT2D eigenvalue weighted by Crippen LogP contribution is -2.52. The summed E-state index contributed by atoms with van der Waals surface area (Å²) in [5.41, 5.74) is 1.11. The first-order valence-electron chi connectivity index (χ1n) is 11.0. The van der Waals surface area contributed by atoms with Gasteiger partial charge in [0.2, 0.25) is 0 Å². The second-order valence-electron chi connectivity index (χ2n) is 8.16. The fraction of sp³-hybridized carbons (Fsp3) is 0.458. The third kappa shape index (κ3) is 5.67. The number of benzene rings is 2. The van der Waals surface area contributed by atoms with E-state index in [1.165, 1.54) is 12.1 Å². The molecule has 1 N–H and O–H groups in total. The monoisotopic (exact) mass is 427 g/mol. The van der Waals surface area contributed by atoms with Crippen molar-refractivity contribution in [2.24, 2.45) is 0 Å². The molecular formula is C24H30FN3O3. The van der Waals surface area contributed by atoms with E-state index in [-0.39, 0.29) is 24.0 Å². The predicted molar refractivity (Wildman–Crippen MR) is 117 cm³/mol. The zero-order valence-corrected chi connectivity index (χ0v) is 17.9. The van der Waals surface area contributed by atoms with E-state index in [1.54, 1.807) is 4.90 Å². The lowest BCUT2D eigenvalue weighted by molar-refractivity contribution is 0.0665. The molecular weight excluding hydrogens is 397 g/mol. The number of hydrogen-bond donors (Lipinski definition) is 1. The molecule has 0 aliphatic carbocycles. The highest BCUT2D eigenvalue weighted by molar-refractivity contribution is 5.74. The molecule has 1 atom stereocenters. The summed E-state index contributed by atoms with van der Waals surface area (Å²) in [4.78, 5) is 17.0. The predicted octanol–water partition coefficient (Wildman–Crippen LogP) is 3.66. The molecule has 2 aromatic rings. The van der Waals surface area contributed by atoms with Crippen LogP contribution in [0.2, 0.25) is 0 Å². The van der Waals surface area contributed by atoms with Gasteiger partial charge in [0.15, 0.2) is 17.6 Å². The van der Waals surface area contributed by atoms with E-state index in [9.17, 15) is 9.18 Å². The van der Waals surface area contributed by atoms with Crippen molar-refractivity contribution in [3.05, 3.63) is 59.9 Å². The second kappa shape index (κ2) is 10.0. The van der Waals surface area contributed by atoms with Crippen LogP contribution in [0.1, 0.15) is 25.3 Å². The number of hydrogen-bond acceptors (Lipinski definition) is 4. The van der Waals surface area contributed by atoms with Crippen LogP contribution in [0.25, 0.3) is 0 Å². The van der Waals surface area contributed by atoms with E-state index in [2.05, 4.69) is 10.2 Å². The Morgan fingerprint density at radius 1 is 1.13 bits per heavy atom. The fourth-order valence-corrected chi connectivity index (χ4v) is 4.10. The molecule has 0 bridgehead atoms. The fourth-order valence-electron chi connectivity index (χ4n) is 4.10. The topological polar surface area (TPSA) is 54.0 Å². The number of urea groups is 1. The van der Waals surface area contributed by atoms with Crippen LogP contribution in [0.15, 0.2) is 48.5 Å². The molecule has 2 heterocycles. The smallest absolute Gasteiger partial charge is 0.317 e. The number of likely N-dealkylation sites (N-methyl/N-ethyl adjacent to an activating group) is 1. The molecule has 2 aromatic carbocycles. The van der Waals surface area contributed by atoms with Crippen molar-refractivity contribution in [3.8, 4) is 11.5 Å². The van der Waals surface area contributed by atoms with Crippen LogP contribution in [0.3, 0.4) is 0 Å². The summed E-state index contributed by atoms with van der Waals surface area (Å²) in [6.07, 6.45) is 1.63. The maximum Gasteiger partial charge on any atom is 0.317 e. The zero-order chi connectivity index (χ0) is 21.6. The lowest BCUT2D eigenvalue weighted by atomic mass is 10.0. The molecule has 4 rings (SSSR count). The van der Waals surface area contributed by atoms with Gasteiger partial charge in [-0.05, 0) is 49.6 Å². The maximum absolute atomic E-state index is 13.1. The summed E-state index contributed by atoms with van der Waals surface area (Å²) in [5.74, 6) is 1.27. The number of carbonyl (C=O) groups is 1. The van der Waals surface area contributed by atoms with Gasteiger partial charge in [-0.3, -0.25) is 4.90 Å². The van der Waals surface area contributed by atoms with Crippen molar-refractivity contribution in [3.63, 3.8) is 0 Å². The van der Waals surface area contributed by atoms with Crippen LogP contribution in [0, 0.1) is 5.82 Å². The molecule has 6 nitrogen and oxygen atoms in total. The van der Waals surface area contributed by atoms with Crippen LogP contribution < -0.4 is 14.8 Å². The first-order chi connectivity index (χ1) is 15.1. The number of ether oxygens (including phenoxy) is 2. The number of piperidine rings is 1. The Kier molecular flexibility index (Phi) is 6.92. The van der Waals surface area contributed by atoms with Gasteiger partial charge in [0.25, 0.3) is 0 Å². The van der Waals surface area contributed by atoms with Gasteiger partial charge in [-0.1, -0.05) is 24.3 Å². The summed E-state index contributed by atoms with van der Waals surface area (Å²) >= 11 is 0. The van der Waals surface area contributed by atoms with Gasteiger partial charge in [0.1, 0.15) is 12.4 Å². The van der Waals surface area contributed by atoms with Crippen LogP contribution in [0.5, 0.6) is 11.5 Å². The number of fused-ring (bicyclic) bond motifs is 1. The van der Waals surface area contributed by atoms with E-state index >= 15 is 0 Å². The second-order valence-corrected chi connectivity index (χ2v) is 8.16. The van der Waals surface area contributed by atoms with Gasteiger partial charge < -0.3 is 19.7 Å². The van der Waals surface area contributed by atoms with Crippen LogP contribution in [-0.4, -0.2) is 60.8 Å². The van der Waals surface area contributed by atoms with Crippen LogP contribution >= 0.6 is 0 Å². The Morgan fingerprint density at radius 2 is 1.84 bits per heavy atom. The van der Waals surface area contributed by atoms with E-state index in [4.69, 9.17) is 9.47 Å². The Hall–Kier alpha value is -2.80. The van der Waals surface area contributed by atoms with Gasteiger partial charge in [-0.2, -0.15) is 0 Å². The van der Waals surface area contributed by atoms with Crippen molar-refractivity contribution in [1.29, 1.82) is 0 Å². The first kappa shape index (κ1) is 21.4. The van der Waals surface area contributed by atoms with E-state index in [0.29, 0.717) is 19.7 Å². The van der Waals surface area contributed by atoms with Crippen molar-refractivity contribution >= 4 is 6.03 Å².